The summed E-state index contributed by atoms with van der Waals surface area (Å²) >= 11 is 0. The first-order valence-electron chi connectivity index (χ1n) is 9.88. The summed E-state index contributed by atoms with van der Waals surface area (Å²) in [7, 11) is 0. The Kier molecular flexibility index (Phi) is 3.38. The molecule has 5 heteroatoms. The van der Waals surface area contributed by atoms with Gasteiger partial charge in [0.25, 0.3) is 11.8 Å². The van der Waals surface area contributed by atoms with Crippen molar-refractivity contribution in [1.82, 2.24) is 4.90 Å². The number of hydrogen-bond donors (Lipinski definition) is 0. The van der Waals surface area contributed by atoms with E-state index in [2.05, 4.69) is 0 Å². The average Bonchev–Trinajstić information content (AvgIpc) is 3.36. The van der Waals surface area contributed by atoms with Crippen LogP contribution >= 0.6 is 0 Å². The van der Waals surface area contributed by atoms with E-state index in [-0.39, 0.29) is 29.9 Å². The molecule has 0 radical (unpaired) electrons. The third kappa shape index (κ3) is 1.98. The summed E-state index contributed by atoms with van der Waals surface area (Å²) in [6, 6.07) is 0. The van der Waals surface area contributed by atoms with Crippen molar-refractivity contribution in [2.45, 2.75) is 64.2 Å². The van der Waals surface area contributed by atoms with Crippen molar-refractivity contribution in [3.63, 3.8) is 0 Å². The van der Waals surface area contributed by atoms with E-state index in [0.29, 0.717) is 41.7 Å². The zero-order chi connectivity index (χ0) is 17.2. The standard InChI is InChI=1S/C20H25NO4/c22-17-14-4-1-2-5-15(14)18(23)21(17)11-25-19(24)20-9-3-6-16(20)12-7-8-13(20)10-12/h12-13,16H,1-11H2. The Morgan fingerprint density at radius 3 is 2.48 bits per heavy atom. The van der Waals surface area contributed by atoms with E-state index in [4.69, 9.17) is 4.74 Å². The van der Waals surface area contributed by atoms with Gasteiger partial charge in [-0.25, -0.2) is 4.90 Å². The van der Waals surface area contributed by atoms with E-state index >= 15 is 0 Å². The van der Waals surface area contributed by atoms with E-state index in [9.17, 15) is 14.4 Å². The molecule has 25 heavy (non-hydrogen) atoms. The third-order valence-electron chi connectivity index (χ3n) is 7.72. The molecule has 0 spiro atoms. The van der Waals surface area contributed by atoms with Gasteiger partial charge in [0, 0.05) is 11.1 Å². The molecule has 2 bridgehead atoms. The van der Waals surface area contributed by atoms with Gasteiger partial charge < -0.3 is 4.74 Å². The summed E-state index contributed by atoms with van der Waals surface area (Å²) in [6.45, 7) is -0.199. The van der Waals surface area contributed by atoms with Crippen LogP contribution in [0.3, 0.4) is 0 Å². The first kappa shape index (κ1) is 15.6. The number of fused-ring (bicyclic) bond motifs is 5. The minimum Gasteiger partial charge on any atom is -0.443 e. The number of nitrogens with zero attached hydrogens (tertiary/aromatic N) is 1. The summed E-state index contributed by atoms with van der Waals surface area (Å²) in [4.78, 5) is 39.2. The van der Waals surface area contributed by atoms with Crippen LogP contribution < -0.4 is 0 Å². The van der Waals surface area contributed by atoms with E-state index in [0.717, 1.165) is 49.8 Å². The van der Waals surface area contributed by atoms with Gasteiger partial charge in [-0.05, 0) is 75.5 Å². The number of carbonyl (C=O) groups excluding carboxylic acids is 3. The molecule has 5 nitrogen and oxygen atoms in total. The van der Waals surface area contributed by atoms with E-state index < -0.39 is 0 Å². The van der Waals surface area contributed by atoms with Crippen molar-refractivity contribution in [3.8, 4) is 0 Å². The molecule has 5 rings (SSSR count). The minimum absolute atomic E-state index is 0.146. The van der Waals surface area contributed by atoms with Crippen LogP contribution in [-0.2, 0) is 19.1 Å². The second-order valence-electron chi connectivity index (χ2n) is 8.57. The second-order valence-corrected chi connectivity index (χ2v) is 8.57. The first-order chi connectivity index (χ1) is 12.1. The Morgan fingerprint density at radius 1 is 1.04 bits per heavy atom. The number of hydrogen-bond acceptors (Lipinski definition) is 4. The molecule has 0 aromatic carbocycles. The van der Waals surface area contributed by atoms with Gasteiger partial charge in [0.15, 0.2) is 6.73 Å². The lowest BCUT2D eigenvalue weighted by molar-refractivity contribution is -0.169. The van der Waals surface area contributed by atoms with Crippen LogP contribution in [0, 0.1) is 23.2 Å². The number of esters is 1. The van der Waals surface area contributed by atoms with E-state index in [1.807, 2.05) is 0 Å². The molecule has 1 aliphatic heterocycles. The molecule has 134 valence electrons. The lowest BCUT2D eigenvalue weighted by Gasteiger charge is -2.37. The van der Waals surface area contributed by atoms with Gasteiger partial charge in [-0.3, -0.25) is 14.4 Å². The van der Waals surface area contributed by atoms with Gasteiger partial charge in [-0.2, -0.15) is 0 Å². The van der Waals surface area contributed by atoms with Crippen molar-refractivity contribution in [3.05, 3.63) is 11.1 Å². The number of amides is 2. The fourth-order valence-electron chi connectivity index (χ4n) is 6.66. The summed E-state index contributed by atoms with van der Waals surface area (Å²) < 4.78 is 5.63. The van der Waals surface area contributed by atoms with Gasteiger partial charge in [-0.1, -0.05) is 6.42 Å². The zero-order valence-corrected chi connectivity index (χ0v) is 14.6. The normalized spacial score (nSPS) is 39.2. The van der Waals surface area contributed by atoms with E-state index in [1.54, 1.807) is 0 Å². The summed E-state index contributed by atoms with van der Waals surface area (Å²) in [6.07, 6.45) is 9.99. The molecular weight excluding hydrogens is 318 g/mol. The van der Waals surface area contributed by atoms with Gasteiger partial charge >= 0.3 is 5.97 Å². The Labute approximate surface area is 147 Å². The first-order valence-corrected chi connectivity index (χ1v) is 9.88. The predicted molar refractivity (Wildman–Crippen MR) is 88.9 cm³/mol. The number of imide groups is 1. The molecule has 0 saturated heterocycles. The van der Waals surface area contributed by atoms with Crippen molar-refractivity contribution in [2.75, 3.05) is 6.73 Å². The smallest absolute Gasteiger partial charge is 0.314 e. The van der Waals surface area contributed by atoms with Crippen molar-refractivity contribution in [1.29, 1.82) is 0 Å². The lowest BCUT2D eigenvalue weighted by Crippen LogP contribution is -2.44. The molecule has 5 aliphatic rings. The molecule has 1 heterocycles. The molecule has 4 atom stereocenters. The number of rotatable bonds is 3. The quantitative estimate of drug-likeness (QED) is 0.584. The average molecular weight is 343 g/mol. The van der Waals surface area contributed by atoms with Crippen LogP contribution in [0.15, 0.2) is 11.1 Å². The van der Waals surface area contributed by atoms with Gasteiger partial charge in [0.1, 0.15) is 0 Å². The molecule has 4 aliphatic carbocycles. The minimum atomic E-state index is -0.318. The monoisotopic (exact) mass is 343 g/mol. The number of carbonyl (C=O) groups is 3. The van der Waals surface area contributed by atoms with Crippen LogP contribution in [0.25, 0.3) is 0 Å². The van der Waals surface area contributed by atoms with E-state index in [1.165, 1.54) is 6.42 Å². The zero-order valence-electron chi connectivity index (χ0n) is 14.6. The highest BCUT2D eigenvalue weighted by Gasteiger charge is 2.64. The molecular formula is C20H25NO4. The molecule has 3 saturated carbocycles. The highest BCUT2D eigenvalue weighted by molar-refractivity contribution is 6.19. The maximum atomic E-state index is 13.0. The van der Waals surface area contributed by atoms with Crippen LogP contribution in [0.5, 0.6) is 0 Å². The Hall–Kier alpha value is -1.65. The highest BCUT2D eigenvalue weighted by Crippen LogP contribution is 2.66. The molecule has 0 N–H and O–H groups in total. The summed E-state index contributed by atoms with van der Waals surface area (Å²) in [5.74, 6) is 0.988. The van der Waals surface area contributed by atoms with Crippen molar-refractivity contribution < 1.29 is 19.1 Å². The van der Waals surface area contributed by atoms with Gasteiger partial charge in [0.05, 0.1) is 5.41 Å². The molecule has 2 amide bonds. The largest absolute Gasteiger partial charge is 0.443 e. The maximum absolute atomic E-state index is 13.0. The van der Waals surface area contributed by atoms with Crippen molar-refractivity contribution >= 4 is 17.8 Å². The molecule has 0 aromatic rings. The molecule has 4 unspecified atom stereocenters. The van der Waals surface area contributed by atoms with Crippen LogP contribution in [0.4, 0.5) is 0 Å². The van der Waals surface area contributed by atoms with Crippen molar-refractivity contribution in [2.24, 2.45) is 23.2 Å². The van der Waals surface area contributed by atoms with Crippen LogP contribution in [0.2, 0.25) is 0 Å². The Bertz CT molecular complexity index is 668. The SMILES string of the molecule is O=C1C2=C(CCCC2)C(=O)N1COC(=O)C12CCCC1C1CCC2C1. The summed E-state index contributed by atoms with van der Waals surface area (Å²) in [5.41, 5.74) is 0.996. The van der Waals surface area contributed by atoms with Crippen LogP contribution in [0.1, 0.15) is 64.2 Å². The fraction of sp³-hybridized carbons (Fsp3) is 0.750. The fourth-order valence-corrected chi connectivity index (χ4v) is 6.66. The Balaban J connectivity index is 1.30. The predicted octanol–water partition coefficient (Wildman–Crippen LogP) is 2.94. The lowest BCUT2D eigenvalue weighted by atomic mass is 9.68. The second kappa shape index (κ2) is 5.42. The maximum Gasteiger partial charge on any atom is 0.314 e. The van der Waals surface area contributed by atoms with Gasteiger partial charge in [0.2, 0.25) is 0 Å². The Morgan fingerprint density at radius 2 is 1.76 bits per heavy atom. The molecule has 0 aromatic heterocycles. The molecule has 3 fully saturated rings. The third-order valence-corrected chi connectivity index (χ3v) is 7.72. The van der Waals surface area contributed by atoms with Gasteiger partial charge in [-0.15, -0.1) is 0 Å². The highest BCUT2D eigenvalue weighted by atomic mass is 16.5. The number of ether oxygens (including phenoxy) is 1. The topological polar surface area (TPSA) is 63.7 Å². The summed E-state index contributed by atoms with van der Waals surface area (Å²) in [5, 5.41) is 0. The van der Waals surface area contributed by atoms with Crippen LogP contribution in [-0.4, -0.2) is 29.4 Å².